The molecule has 0 radical (unpaired) electrons. The van der Waals surface area contributed by atoms with Crippen molar-refractivity contribution in [3.05, 3.63) is 11.4 Å². The zero-order valence-corrected chi connectivity index (χ0v) is 13.2. The first-order valence-electron chi connectivity index (χ1n) is 7.39. The molecular formula is C15H22N4S. The van der Waals surface area contributed by atoms with E-state index in [0.717, 1.165) is 47.9 Å². The molecule has 20 heavy (non-hydrogen) atoms. The molecule has 0 spiro atoms. The number of nitrogens with zero attached hydrogens (tertiary/aromatic N) is 3. The standard InChI is InChI=1S/C15H22N4S/c1-4-6-16-15-17-13(12-5-7-20-14(12)18-15)19(3)9-11-8-10(11)2/h5,7,10-11H,4,6,8-9H2,1-3H3,(H,16,17,18). The Morgan fingerprint density at radius 3 is 2.95 bits per heavy atom. The van der Waals surface area contributed by atoms with Crippen molar-refractivity contribution in [2.24, 2.45) is 11.8 Å². The Bertz CT molecular complexity index is 595. The molecule has 0 aliphatic heterocycles. The minimum absolute atomic E-state index is 0.757. The van der Waals surface area contributed by atoms with Crippen LogP contribution in [0.1, 0.15) is 26.7 Å². The van der Waals surface area contributed by atoms with Gasteiger partial charge in [-0.05, 0) is 36.1 Å². The zero-order valence-electron chi connectivity index (χ0n) is 12.4. The predicted molar refractivity (Wildman–Crippen MR) is 86.7 cm³/mol. The summed E-state index contributed by atoms with van der Waals surface area (Å²) in [5.74, 6) is 3.52. The van der Waals surface area contributed by atoms with Gasteiger partial charge in [0.1, 0.15) is 10.6 Å². The van der Waals surface area contributed by atoms with Crippen LogP contribution in [-0.4, -0.2) is 30.1 Å². The Hall–Kier alpha value is -1.36. The molecule has 2 heterocycles. The molecule has 108 valence electrons. The van der Waals surface area contributed by atoms with E-state index in [1.165, 1.54) is 11.8 Å². The summed E-state index contributed by atoms with van der Waals surface area (Å²) in [6, 6.07) is 2.13. The first-order valence-corrected chi connectivity index (χ1v) is 8.27. The summed E-state index contributed by atoms with van der Waals surface area (Å²) in [6.07, 6.45) is 2.43. The van der Waals surface area contributed by atoms with Crippen molar-refractivity contribution >= 4 is 33.3 Å². The molecule has 3 rings (SSSR count). The second kappa shape index (κ2) is 5.56. The number of anilines is 2. The van der Waals surface area contributed by atoms with E-state index in [-0.39, 0.29) is 0 Å². The molecule has 2 aromatic rings. The second-order valence-corrected chi connectivity index (χ2v) is 6.69. The van der Waals surface area contributed by atoms with Crippen molar-refractivity contribution in [1.82, 2.24) is 9.97 Å². The Kier molecular flexibility index (Phi) is 3.78. The minimum Gasteiger partial charge on any atom is -0.359 e. The number of thiophene rings is 1. The van der Waals surface area contributed by atoms with Crippen molar-refractivity contribution in [2.45, 2.75) is 26.7 Å². The monoisotopic (exact) mass is 290 g/mol. The van der Waals surface area contributed by atoms with E-state index in [1.54, 1.807) is 11.3 Å². The van der Waals surface area contributed by atoms with Crippen LogP contribution in [0.2, 0.25) is 0 Å². The fourth-order valence-electron chi connectivity index (χ4n) is 2.54. The lowest BCUT2D eigenvalue weighted by atomic mass is 10.3. The largest absolute Gasteiger partial charge is 0.359 e. The highest BCUT2D eigenvalue weighted by Gasteiger charge is 2.33. The van der Waals surface area contributed by atoms with Crippen LogP contribution in [0.5, 0.6) is 0 Å². The lowest BCUT2D eigenvalue weighted by Crippen LogP contribution is -2.22. The van der Waals surface area contributed by atoms with Gasteiger partial charge in [-0.25, -0.2) is 4.98 Å². The summed E-state index contributed by atoms with van der Waals surface area (Å²) in [5, 5.41) is 6.58. The first kappa shape index (κ1) is 13.6. The third-order valence-corrected chi connectivity index (χ3v) is 4.79. The van der Waals surface area contributed by atoms with Gasteiger partial charge in [0.25, 0.3) is 0 Å². The fraction of sp³-hybridized carbons (Fsp3) is 0.600. The number of nitrogens with one attached hydrogen (secondary N) is 1. The molecule has 5 heteroatoms. The molecule has 0 amide bonds. The lowest BCUT2D eigenvalue weighted by molar-refractivity contribution is 0.721. The number of aromatic nitrogens is 2. The van der Waals surface area contributed by atoms with Crippen molar-refractivity contribution in [2.75, 3.05) is 30.4 Å². The highest BCUT2D eigenvalue weighted by atomic mass is 32.1. The van der Waals surface area contributed by atoms with Crippen LogP contribution in [0, 0.1) is 11.8 Å². The third kappa shape index (κ3) is 2.73. The lowest BCUT2D eigenvalue weighted by Gasteiger charge is -2.19. The van der Waals surface area contributed by atoms with E-state index in [1.807, 2.05) is 0 Å². The van der Waals surface area contributed by atoms with Gasteiger partial charge in [0.15, 0.2) is 0 Å². The topological polar surface area (TPSA) is 41.1 Å². The van der Waals surface area contributed by atoms with Gasteiger partial charge in [-0.15, -0.1) is 11.3 Å². The smallest absolute Gasteiger partial charge is 0.226 e. The van der Waals surface area contributed by atoms with Crippen molar-refractivity contribution in [3.63, 3.8) is 0 Å². The van der Waals surface area contributed by atoms with Crippen LogP contribution in [0.15, 0.2) is 11.4 Å². The van der Waals surface area contributed by atoms with Crippen molar-refractivity contribution in [1.29, 1.82) is 0 Å². The Balaban J connectivity index is 1.88. The third-order valence-electron chi connectivity index (χ3n) is 3.98. The number of hydrogen-bond acceptors (Lipinski definition) is 5. The van der Waals surface area contributed by atoms with Gasteiger partial charge in [0, 0.05) is 20.1 Å². The molecule has 0 aromatic carbocycles. The summed E-state index contributed by atoms with van der Waals surface area (Å²) in [7, 11) is 2.15. The molecule has 2 aromatic heterocycles. The minimum atomic E-state index is 0.757. The van der Waals surface area contributed by atoms with E-state index >= 15 is 0 Å². The molecule has 4 nitrogen and oxygen atoms in total. The molecule has 1 aliphatic carbocycles. The van der Waals surface area contributed by atoms with Gasteiger partial charge < -0.3 is 10.2 Å². The molecule has 0 bridgehead atoms. The highest BCUT2D eigenvalue weighted by molar-refractivity contribution is 7.16. The summed E-state index contributed by atoms with van der Waals surface area (Å²) in [5.41, 5.74) is 0. The predicted octanol–water partition coefficient (Wildman–Crippen LogP) is 3.61. The van der Waals surface area contributed by atoms with Crippen LogP contribution >= 0.6 is 11.3 Å². The SMILES string of the molecule is CCCNc1nc(N(C)CC2CC2C)c2ccsc2n1. The summed E-state index contributed by atoms with van der Waals surface area (Å²) < 4.78 is 0. The number of fused-ring (bicyclic) bond motifs is 1. The molecular weight excluding hydrogens is 268 g/mol. The maximum absolute atomic E-state index is 4.73. The van der Waals surface area contributed by atoms with Gasteiger partial charge in [-0.3, -0.25) is 0 Å². The number of hydrogen-bond donors (Lipinski definition) is 1. The molecule has 1 saturated carbocycles. The second-order valence-electron chi connectivity index (χ2n) is 5.79. The Morgan fingerprint density at radius 1 is 1.45 bits per heavy atom. The molecule has 1 fully saturated rings. The average Bonchev–Trinajstić information content (AvgIpc) is 2.93. The van der Waals surface area contributed by atoms with Crippen molar-refractivity contribution < 1.29 is 0 Å². The van der Waals surface area contributed by atoms with Crippen LogP contribution in [0.4, 0.5) is 11.8 Å². The van der Waals surface area contributed by atoms with Crippen LogP contribution in [-0.2, 0) is 0 Å². The maximum atomic E-state index is 4.73. The molecule has 2 atom stereocenters. The molecule has 1 aliphatic rings. The number of rotatable bonds is 6. The van der Waals surface area contributed by atoms with Crippen molar-refractivity contribution in [3.8, 4) is 0 Å². The van der Waals surface area contributed by atoms with E-state index in [0.29, 0.717) is 0 Å². The first-order chi connectivity index (χ1) is 9.69. The maximum Gasteiger partial charge on any atom is 0.226 e. The van der Waals surface area contributed by atoms with Gasteiger partial charge >= 0.3 is 0 Å². The van der Waals surface area contributed by atoms with Crippen LogP contribution in [0.25, 0.3) is 10.2 Å². The van der Waals surface area contributed by atoms with Gasteiger partial charge in [-0.1, -0.05) is 13.8 Å². The van der Waals surface area contributed by atoms with Crippen LogP contribution < -0.4 is 10.2 Å². The fourth-order valence-corrected chi connectivity index (χ4v) is 3.30. The van der Waals surface area contributed by atoms with E-state index in [9.17, 15) is 0 Å². The van der Waals surface area contributed by atoms with E-state index in [2.05, 4.69) is 47.5 Å². The van der Waals surface area contributed by atoms with Gasteiger partial charge in [0.2, 0.25) is 5.95 Å². The molecule has 0 saturated heterocycles. The Labute approximate surface area is 124 Å². The molecule has 1 N–H and O–H groups in total. The van der Waals surface area contributed by atoms with Crippen LogP contribution in [0.3, 0.4) is 0 Å². The van der Waals surface area contributed by atoms with E-state index in [4.69, 9.17) is 4.98 Å². The zero-order chi connectivity index (χ0) is 14.1. The highest BCUT2D eigenvalue weighted by Crippen LogP contribution is 2.39. The Morgan fingerprint density at radius 2 is 2.25 bits per heavy atom. The molecule has 2 unspecified atom stereocenters. The summed E-state index contributed by atoms with van der Waals surface area (Å²) in [6.45, 7) is 6.49. The average molecular weight is 290 g/mol. The summed E-state index contributed by atoms with van der Waals surface area (Å²) in [4.78, 5) is 12.7. The normalized spacial score (nSPS) is 21.1. The van der Waals surface area contributed by atoms with E-state index < -0.39 is 0 Å². The summed E-state index contributed by atoms with van der Waals surface area (Å²) >= 11 is 1.68. The quantitative estimate of drug-likeness (QED) is 0.882. The van der Waals surface area contributed by atoms with Gasteiger partial charge in [0.05, 0.1) is 5.39 Å². The van der Waals surface area contributed by atoms with Gasteiger partial charge in [-0.2, -0.15) is 4.98 Å².